The number of benzene rings is 1. The predicted octanol–water partition coefficient (Wildman–Crippen LogP) is 0.117. The van der Waals surface area contributed by atoms with Crippen molar-refractivity contribution in [2.24, 2.45) is 0 Å². The van der Waals surface area contributed by atoms with Gasteiger partial charge in [0.25, 0.3) is 5.56 Å². The molecule has 17 heavy (non-hydrogen) atoms. The molecule has 0 amide bonds. The Balaban J connectivity index is 2.73. The van der Waals surface area contributed by atoms with Gasteiger partial charge in [0, 0.05) is 6.20 Å². The number of para-hydroxylation sites is 2. The minimum atomic E-state index is -0.596. The van der Waals surface area contributed by atoms with Crippen LogP contribution in [-0.4, -0.2) is 16.7 Å². The number of aromatic amines is 1. The Morgan fingerprint density at radius 2 is 2.00 bits per heavy atom. The molecule has 0 radical (unpaired) electrons. The van der Waals surface area contributed by atoms with Gasteiger partial charge in [0.05, 0.1) is 12.8 Å². The van der Waals surface area contributed by atoms with Crippen molar-refractivity contribution >= 4 is 5.69 Å². The summed E-state index contributed by atoms with van der Waals surface area (Å²) in [6.07, 6.45) is 1.28. The number of hydrogen-bond donors (Lipinski definition) is 2. The molecule has 0 aliphatic heterocycles. The molecule has 6 nitrogen and oxygen atoms in total. The van der Waals surface area contributed by atoms with Crippen LogP contribution >= 0.6 is 0 Å². The summed E-state index contributed by atoms with van der Waals surface area (Å²) in [4.78, 5) is 24.9. The Labute approximate surface area is 96.3 Å². The van der Waals surface area contributed by atoms with Crippen molar-refractivity contribution in [3.8, 4) is 11.4 Å². The zero-order chi connectivity index (χ0) is 12.4. The fraction of sp³-hybridized carbons (Fsp3) is 0.0909. The topological polar surface area (TPSA) is 90.1 Å². The predicted molar refractivity (Wildman–Crippen MR) is 63.6 cm³/mol. The summed E-state index contributed by atoms with van der Waals surface area (Å²) >= 11 is 0. The summed E-state index contributed by atoms with van der Waals surface area (Å²) in [5, 5.41) is 0. The quantitative estimate of drug-likeness (QED) is 0.770. The maximum atomic E-state index is 11.7. The van der Waals surface area contributed by atoms with E-state index in [0.717, 1.165) is 0 Å². The standard InChI is InChI=1S/C11H11N3O3/c1-17-9-5-3-2-4-8(9)14-6-7(12)10(15)13-11(14)16/h2-6H,12H2,1H3,(H,13,15,16). The first-order valence-corrected chi connectivity index (χ1v) is 4.88. The van der Waals surface area contributed by atoms with E-state index in [0.29, 0.717) is 11.4 Å². The lowest BCUT2D eigenvalue weighted by atomic mass is 10.3. The summed E-state index contributed by atoms with van der Waals surface area (Å²) in [5.41, 5.74) is 4.80. The molecule has 6 heteroatoms. The second kappa shape index (κ2) is 4.17. The SMILES string of the molecule is COc1ccccc1-n1cc(N)c(=O)[nH]c1=O. The fourth-order valence-corrected chi connectivity index (χ4v) is 1.49. The smallest absolute Gasteiger partial charge is 0.333 e. The highest BCUT2D eigenvalue weighted by atomic mass is 16.5. The third-order valence-electron chi connectivity index (χ3n) is 2.31. The van der Waals surface area contributed by atoms with E-state index < -0.39 is 11.2 Å². The van der Waals surface area contributed by atoms with Crippen LogP contribution in [0.3, 0.4) is 0 Å². The van der Waals surface area contributed by atoms with Crippen LogP contribution in [0, 0.1) is 0 Å². The van der Waals surface area contributed by atoms with E-state index in [1.54, 1.807) is 24.3 Å². The number of aromatic nitrogens is 2. The van der Waals surface area contributed by atoms with E-state index in [2.05, 4.69) is 4.98 Å². The summed E-state index contributed by atoms with van der Waals surface area (Å²) in [6.45, 7) is 0. The number of nitrogens with zero attached hydrogens (tertiary/aromatic N) is 1. The highest BCUT2D eigenvalue weighted by Gasteiger charge is 2.08. The second-order valence-corrected chi connectivity index (χ2v) is 3.39. The first-order valence-electron chi connectivity index (χ1n) is 4.88. The van der Waals surface area contributed by atoms with E-state index in [4.69, 9.17) is 10.5 Å². The number of methoxy groups -OCH3 is 1. The Bertz CT molecular complexity index is 657. The molecular formula is C11H11N3O3. The molecule has 3 N–H and O–H groups in total. The minimum absolute atomic E-state index is 0.0319. The number of nitrogens with two attached hydrogens (primary N) is 1. The van der Waals surface area contributed by atoms with Gasteiger partial charge in [-0.15, -0.1) is 0 Å². The van der Waals surface area contributed by atoms with Gasteiger partial charge in [-0.05, 0) is 12.1 Å². The van der Waals surface area contributed by atoms with Crippen LogP contribution in [0.4, 0.5) is 5.69 Å². The van der Waals surface area contributed by atoms with E-state index in [1.807, 2.05) is 0 Å². The van der Waals surface area contributed by atoms with Crippen LogP contribution < -0.4 is 21.7 Å². The van der Waals surface area contributed by atoms with Crippen LogP contribution in [0.1, 0.15) is 0 Å². The molecule has 2 rings (SSSR count). The number of H-pyrrole nitrogens is 1. The van der Waals surface area contributed by atoms with Crippen molar-refractivity contribution in [3.05, 3.63) is 51.3 Å². The number of nitrogens with one attached hydrogen (secondary N) is 1. The van der Waals surface area contributed by atoms with Gasteiger partial charge in [-0.1, -0.05) is 12.1 Å². The maximum absolute atomic E-state index is 11.7. The summed E-state index contributed by atoms with van der Waals surface area (Å²) in [6, 6.07) is 6.94. The molecule has 0 saturated heterocycles. The molecule has 2 aromatic rings. The average Bonchev–Trinajstić information content (AvgIpc) is 2.34. The zero-order valence-corrected chi connectivity index (χ0v) is 9.14. The Morgan fingerprint density at radius 1 is 1.29 bits per heavy atom. The van der Waals surface area contributed by atoms with Crippen molar-refractivity contribution in [3.63, 3.8) is 0 Å². The highest BCUT2D eigenvalue weighted by Crippen LogP contribution is 2.20. The van der Waals surface area contributed by atoms with Gasteiger partial charge >= 0.3 is 5.69 Å². The van der Waals surface area contributed by atoms with E-state index in [9.17, 15) is 9.59 Å². The van der Waals surface area contributed by atoms with E-state index >= 15 is 0 Å². The van der Waals surface area contributed by atoms with E-state index in [1.165, 1.54) is 17.9 Å². The van der Waals surface area contributed by atoms with Gasteiger partial charge in [0.15, 0.2) is 0 Å². The molecule has 0 aliphatic rings. The second-order valence-electron chi connectivity index (χ2n) is 3.39. The molecular weight excluding hydrogens is 222 g/mol. The molecule has 88 valence electrons. The monoisotopic (exact) mass is 233 g/mol. The number of hydrogen-bond acceptors (Lipinski definition) is 4. The first-order chi connectivity index (χ1) is 8.13. The molecule has 1 aromatic carbocycles. The van der Waals surface area contributed by atoms with Crippen LogP contribution in [-0.2, 0) is 0 Å². The molecule has 1 heterocycles. The number of rotatable bonds is 2. The van der Waals surface area contributed by atoms with E-state index in [-0.39, 0.29) is 5.69 Å². The van der Waals surface area contributed by atoms with Crippen molar-refractivity contribution in [2.45, 2.75) is 0 Å². The van der Waals surface area contributed by atoms with Gasteiger partial charge in [0.2, 0.25) is 0 Å². The van der Waals surface area contributed by atoms with Gasteiger partial charge in [0.1, 0.15) is 11.4 Å². The summed E-state index contributed by atoms with van der Waals surface area (Å²) in [5.74, 6) is 0.515. The molecule has 0 saturated carbocycles. The lowest BCUT2D eigenvalue weighted by Crippen LogP contribution is -2.30. The lowest BCUT2D eigenvalue weighted by Gasteiger charge is -2.10. The molecule has 0 bridgehead atoms. The lowest BCUT2D eigenvalue weighted by molar-refractivity contribution is 0.412. The average molecular weight is 233 g/mol. The van der Waals surface area contributed by atoms with Crippen molar-refractivity contribution in [2.75, 3.05) is 12.8 Å². The third kappa shape index (κ3) is 1.92. The van der Waals surface area contributed by atoms with Gasteiger partial charge < -0.3 is 10.5 Å². The molecule has 0 unspecified atom stereocenters. The number of nitrogen functional groups attached to an aromatic ring is 1. The molecule has 1 aromatic heterocycles. The van der Waals surface area contributed by atoms with Crippen molar-refractivity contribution in [1.82, 2.24) is 9.55 Å². The van der Waals surface area contributed by atoms with Crippen LogP contribution in [0.15, 0.2) is 40.1 Å². The van der Waals surface area contributed by atoms with Crippen molar-refractivity contribution in [1.29, 1.82) is 0 Å². The Morgan fingerprint density at radius 3 is 2.71 bits per heavy atom. The largest absolute Gasteiger partial charge is 0.495 e. The first kappa shape index (κ1) is 11.0. The summed E-state index contributed by atoms with van der Waals surface area (Å²) in [7, 11) is 1.50. The number of anilines is 1. The highest BCUT2D eigenvalue weighted by molar-refractivity contribution is 5.48. The minimum Gasteiger partial charge on any atom is -0.495 e. The van der Waals surface area contributed by atoms with Crippen LogP contribution in [0.25, 0.3) is 5.69 Å². The van der Waals surface area contributed by atoms with Crippen molar-refractivity contribution < 1.29 is 4.74 Å². The fourth-order valence-electron chi connectivity index (χ4n) is 1.49. The molecule has 0 atom stereocenters. The summed E-state index contributed by atoms with van der Waals surface area (Å²) < 4.78 is 6.36. The normalized spacial score (nSPS) is 10.2. The van der Waals surface area contributed by atoms with Gasteiger partial charge in [-0.25, -0.2) is 4.79 Å². The van der Waals surface area contributed by atoms with Gasteiger partial charge in [-0.3, -0.25) is 14.3 Å². The molecule has 0 spiro atoms. The molecule has 0 aliphatic carbocycles. The Kier molecular flexibility index (Phi) is 2.70. The zero-order valence-electron chi connectivity index (χ0n) is 9.14. The maximum Gasteiger partial charge on any atom is 0.333 e. The van der Waals surface area contributed by atoms with Crippen LogP contribution in [0.5, 0.6) is 5.75 Å². The Hall–Kier alpha value is -2.50. The van der Waals surface area contributed by atoms with Gasteiger partial charge in [-0.2, -0.15) is 0 Å². The third-order valence-corrected chi connectivity index (χ3v) is 2.31. The number of ether oxygens (including phenoxy) is 1. The van der Waals surface area contributed by atoms with Crippen LogP contribution in [0.2, 0.25) is 0 Å². The molecule has 0 fully saturated rings.